The van der Waals surface area contributed by atoms with Crippen molar-refractivity contribution in [2.24, 2.45) is 0 Å². The molecule has 26 heavy (non-hydrogen) atoms. The van der Waals surface area contributed by atoms with Crippen LogP contribution in [0.1, 0.15) is 32.0 Å². The number of amides is 1. The number of aromatic nitrogens is 2. The zero-order valence-corrected chi connectivity index (χ0v) is 15.2. The molecule has 0 saturated carbocycles. The molecule has 1 saturated heterocycles. The van der Waals surface area contributed by atoms with Crippen LogP contribution in [0.15, 0.2) is 48.5 Å². The van der Waals surface area contributed by atoms with Gasteiger partial charge in [-0.05, 0) is 50.2 Å². The molecule has 0 unspecified atom stereocenters. The van der Waals surface area contributed by atoms with E-state index >= 15 is 0 Å². The fourth-order valence-corrected chi connectivity index (χ4v) is 3.76. The summed E-state index contributed by atoms with van der Waals surface area (Å²) in [5, 5.41) is 0. The Morgan fingerprint density at radius 1 is 1.12 bits per heavy atom. The normalized spacial score (nSPS) is 17.2. The van der Waals surface area contributed by atoms with Gasteiger partial charge in [0.15, 0.2) is 0 Å². The second-order valence-electron chi connectivity index (χ2n) is 6.54. The zero-order valence-electron chi connectivity index (χ0n) is 15.2. The van der Waals surface area contributed by atoms with Crippen LogP contribution in [0.5, 0.6) is 5.75 Å². The first kappa shape index (κ1) is 16.6. The fourth-order valence-electron chi connectivity index (χ4n) is 3.76. The molecule has 0 aliphatic carbocycles. The van der Waals surface area contributed by atoms with Gasteiger partial charge in [-0.3, -0.25) is 4.79 Å². The molecule has 0 spiro atoms. The molecule has 0 bridgehead atoms. The molecular weight excluding hydrogens is 326 g/mol. The van der Waals surface area contributed by atoms with Crippen LogP contribution in [0.3, 0.4) is 0 Å². The van der Waals surface area contributed by atoms with Gasteiger partial charge in [-0.25, -0.2) is 4.98 Å². The highest BCUT2D eigenvalue weighted by Gasteiger charge is 2.34. The third-order valence-corrected chi connectivity index (χ3v) is 4.95. The first-order valence-corrected chi connectivity index (χ1v) is 9.19. The average molecular weight is 349 g/mol. The van der Waals surface area contributed by atoms with E-state index in [0.717, 1.165) is 34.8 Å². The molecule has 1 amide bonds. The Labute approximate surface area is 153 Å². The van der Waals surface area contributed by atoms with Crippen LogP contribution in [0.4, 0.5) is 5.69 Å². The quantitative estimate of drug-likeness (QED) is 0.700. The lowest BCUT2D eigenvalue weighted by atomic mass is 10.1. The van der Waals surface area contributed by atoms with Crippen LogP contribution in [0.2, 0.25) is 0 Å². The fraction of sp³-hybridized carbons (Fsp3) is 0.333. The number of rotatable bonds is 5. The van der Waals surface area contributed by atoms with E-state index in [4.69, 9.17) is 9.72 Å². The van der Waals surface area contributed by atoms with Crippen LogP contribution < -0.4 is 9.64 Å². The van der Waals surface area contributed by atoms with Gasteiger partial charge < -0.3 is 14.2 Å². The maximum atomic E-state index is 12.6. The van der Waals surface area contributed by atoms with Crippen molar-refractivity contribution in [3.05, 3.63) is 54.4 Å². The van der Waals surface area contributed by atoms with Crippen LogP contribution in [-0.4, -0.2) is 28.6 Å². The van der Waals surface area contributed by atoms with Crippen molar-refractivity contribution in [3.8, 4) is 5.75 Å². The van der Waals surface area contributed by atoms with Crippen molar-refractivity contribution < 1.29 is 9.53 Å². The molecule has 2 heterocycles. The van der Waals surface area contributed by atoms with E-state index < -0.39 is 0 Å². The minimum Gasteiger partial charge on any atom is -0.494 e. The van der Waals surface area contributed by atoms with E-state index in [9.17, 15) is 4.79 Å². The average Bonchev–Trinajstić information content (AvgIpc) is 3.23. The highest BCUT2D eigenvalue weighted by atomic mass is 16.5. The number of carbonyl (C=O) groups is 1. The first-order chi connectivity index (χ1) is 12.7. The summed E-state index contributed by atoms with van der Waals surface area (Å²) in [6, 6.07) is 15.9. The number of carbonyl (C=O) groups excluding carboxylic acids is 1. The monoisotopic (exact) mass is 349 g/mol. The SMILES string of the molecule is CCOc1ccc(N2C[C@H](c3nc4ccccc4n3CC)CC2=O)cc1. The minimum atomic E-state index is 0.112. The van der Waals surface area contributed by atoms with E-state index in [2.05, 4.69) is 17.6 Å². The second-order valence-corrected chi connectivity index (χ2v) is 6.54. The Balaban J connectivity index is 1.62. The summed E-state index contributed by atoms with van der Waals surface area (Å²) in [6.07, 6.45) is 0.497. The maximum absolute atomic E-state index is 12.6. The van der Waals surface area contributed by atoms with Gasteiger partial charge in [0.1, 0.15) is 11.6 Å². The molecule has 4 rings (SSSR count). The zero-order chi connectivity index (χ0) is 18.1. The predicted octanol–water partition coefficient (Wildman–Crippen LogP) is 3.98. The summed E-state index contributed by atoms with van der Waals surface area (Å²) in [6.45, 7) is 6.23. The number of nitrogens with zero attached hydrogens (tertiary/aromatic N) is 3. The summed E-state index contributed by atoms with van der Waals surface area (Å²) in [5.41, 5.74) is 3.05. The Bertz CT molecular complexity index is 930. The van der Waals surface area contributed by atoms with Crippen molar-refractivity contribution >= 4 is 22.6 Å². The largest absolute Gasteiger partial charge is 0.494 e. The Kier molecular flexibility index (Phi) is 4.37. The number of hydrogen-bond donors (Lipinski definition) is 0. The standard InChI is InChI=1S/C21H23N3O2/c1-3-23-19-8-6-5-7-18(19)22-21(23)15-13-20(25)24(14-15)16-9-11-17(12-10-16)26-4-2/h5-12,15H,3-4,13-14H2,1-2H3/t15-/m1/s1. The van der Waals surface area contributed by atoms with E-state index in [1.54, 1.807) is 0 Å². The van der Waals surface area contributed by atoms with Gasteiger partial charge in [-0.2, -0.15) is 0 Å². The van der Waals surface area contributed by atoms with Gasteiger partial charge in [-0.15, -0.1) is 0 Å². The van der Waals surface area contributed by atoms with E-state index in [1.165, 1.54) is 0 Å². The van der Waals surface area contributed by atoms with Gasteiger partial charge in [0.25, 0.3) is 0 Å². The van der Waals surface area contributed by atoms with Crippen LogP contribution in [0, 0.1) is 0 Å². The smallest absolute Gasteiger partial charge is 0.227 e. The summed E-state index contributed by atoms with van der Waals surface area (Å²) < 4.78 is 7.72. The molecule has 3 aromatic rings. The van der Waals surface area contributed by atoms with Crippen LogP contribution in [-0.2, 0) is 11.3 Å². The minimum absolute atomic E-state index is 0.112. The van der Waals surface area contributed by atoms with E-state index in [-0.39, 0.29) is 11.8 Å². The van der Waals surface area contributed by atoms with E-state index in [1.807, 2.05) is 54.3 Å². The molecule has 134 valence electrons. The van der Waals surface area contributed by atoms with Crippen molar-refractivity contribution in [1.29, 1.82) is 0 Å². The Morgan fingerprint density at radius 3 is 2.62 bits per heavy atom. The Hall–Kier alpha value is -2.82. The molecule has 1 aliphatic rings. The highest BCUT2D eigenvalue weighted by Crippen LogP contribution is 2.33. The molecule has 1 aliphatic heterocycles. The third-order valence-electron chi connectivity index (χ3n) is 4.95. The molecule has 1 fully saturated rings. The Morgan fingerprint density at radius 2 is 1.88 bits per heavy atom. The molecule has 1 aromatic heterocycles. The van der Waals surface area contributed by atoms with Gasteiger partial charge in [0, 0.05) is 31.1 Å². The lowest BCUT2D eigenvalue weighted by molar-refractivity contribution is -0.117. The molecule has 5 heteroatoms. The van der Waals surface area contributed by atoms with Crippen molar-refractivity contribution in [1.82, 2.24) is 9.55 Å². The molecular formula is C21H23N3O2. The predicted molar refractivity (Wildman–Crippen MR) is 103 cm³/mol. The first-order valence-electron chi connectivity index (χ1n) is 9.19. The number of anilines is 1. The summed E-state index contributed by atoms with van der Waals surface area (Å²) >= 11 is 0. The summed E-state index contributed by atoms with van der Waals surface area (Å²) in [5.74, 6) is 2.10. The topological polar surface area (TPSA) is 47.4 Å². The lowest BCUT2D eigenvalue weighted by Crippen LogP contribution is -2.24. The number of aryl methyl sites for hydroxylation is 1. The molecule has 0 N–H and O–H groups in total. The number of hydrogen-bond acceptors (Lipinski definition) is 3. The van der Waals surface area contributed by atoms with Crippen molar-refractivity contribution in [2.75, 3.05) is 18.1 Å². The number of fused-ring (bicyclic) bond motifs is 1. The number of para-hydroxylation sites is 2. The third kappa shape index (κ3) is 2.83. The van der Waals surface area contributed by atoms with Crippen LogP contribution >= 0.6 is 0 Å². The number of imidazole rings is 1. The van der Waals surface area contributed by atoms with Gasteiger partial charge in [0.2, 0.25) is 5.91 Å². The van der Waals surface area contributed by atoms with Crippen LogP contribution in [0.25, 0.3) is 11.0 Å². The number of benzene rings is 2. The molecule has 0 radical (unpaired) electrons. The highest BCUT2D eigenvalue weighted by molar-refractivity contribution is 5.96. The number of ether oxygens (including phenoxy) is 1. The molecule has 1 atom stereocenters. The second kappa shape index (κ2) is 6.83. The van der Waals surface area contributed by atoms with Gasteiger partial charge in [0.05, 0.1) is 17.6 Å². The summed E-state index contributed by atoms with van der Waals surface area (Å²) in [7, 11) is 0. The van der Waals surface area contributed by atoms with Gasteiger partial charge in [-0.1, -0.05) is 12.1 Å². The van der Waals surface area contributed by atoms with Gasteiger partial charge >= 0.3 is 0 Å². The van der Waals surface area contributed by atoms with Crippen molar-refractivity contribution in [3.63, 3.8) is 0 Å². The van der Waals surface area contributed by atoms with E-state index in [0.29, 0.717) is 19.6 Å². The lowest BCUT2D eigenvalue weighted by Gasteiger charge is -2.17. The summed E-state index contributed by atoms with van der Waals surface area (Å²) in [4.78, 5) is 19.3. The van der Waals surface area contributed by atoms with Crippen molar-refractivity contribution in [2.45, 2.75) is 32.7 Å². The maximum Gasteiger partial charge on any atom is 0.227 e. The molecule has 2 aromatic carbocycles. The molecule has 5 nitrogen and oxygen atoms in total.